The molecule has 0 spiro atoms. The summed E-state index contributed by atoms with van der Waals surface area (Å²) in [6.45, 7) is 6.51. The van der Waals surface area contributed by atoms with Crippen LogP contribution in [0.15, 0.2) is 65.8 Å². The molecular weight excluding hydrogens is 454 g/mol. The molecule has 2 aromatic carbocycles. The first-order chi connectivity index (χ1) is 16.2. The van der Waals surface area contributed by atoms with Crippen LogP contribution in [0.4, 0.5) is 0 Å². The standard InChI is InChI=1S/C25H26ClN5O3/c1-17-6-4-5-7-18(17)15-30-16-28-22-21(23(30)32)14-29-31(22)13-12-27-24(33)25(2,3)34-20-10-8-19(26)9-11-20/h4-11,14,16H,12-13,15H2,1-3H3,(H,27,33). The number of aromatic nitrogens is 4. The number of halogens is 1. The van der Waals surface area contributed by atoms with Crippen LogP contribution in [0.1, 0.15) is 25.0 Å². The third-order valence-corrected chi connectivity index (χ3v) is 5.82. The molecule has 0 unspecified atom stereocenters. The number of aryl methyl sites for hydroxylation is 1. The van der Waals surface area contributed by atoms with Crippen molar-refractivity contribution in [3.63, 3.8) is 0 Å². The highest BCUT2D eigenvalue weighted by molar-refractivity contribution is 6.30. The molecule has 0 saturated heterocycles. The first-order valence-electron chi connectivity index (χ1n) is 10.9. The lowest BCUT2D eigenvalue weighted by atomic mass is 10.1. The van der Waals surface area contributed by atoms with Crippen LogP contribution in [0.3, 0.4) is 0 Å². The number of amides is 1. The lowest BCUT2D eigenvalue weighted by molar-refractivity contribution is -0.134. The largest absolute Gasteiger partial charge is 0.478 e. The van der Waals surface area contributed by atoms with Gasteiger partial charge in [-0.05, 0) is 56.2 Å². The van der Waals surface area contributed by atoms with Gasteiger partial charge in [0, 0.05) is 11.6 Å². The van der Waals surface area contributed by atoms with Crippen LogP contribution in [-0.4, -0.2) is 37.4 Å². The molecule has 2 heterocycles. The average molecular weight is 480 g/mol. The fraction of sp³-hybridized carbons (Fsp3) is 0.280. The number of carbonyl (C=O) groups is 1. The smallest absolute Gasteiger partial charge is 0.264 e. The summed E-state index contributed by atoms with van der Waals surface area (Å²) in [7, 11) is 0. The summed E-state index contributed by atoms with van der Waals surface area (Å²) >= 11 is 5.90. The zero-order valence-electron chi connectivity index (χ0n) is 19.3. The summed E-state index contributed by atoms with van der Waals surface area (Å²) < 4.78 is 9.00. The number of benzene rings is 2. The summed E-state index contributed by atoms with van der Waals surface area (Å²) in [4.78, 5) is 30.1. The summed E-state index contributed by atoms with van der Waals surface area (Å²) in [5, 5.41) is 8.20. The molecule has 4 aromatic rings. The van der Waals surface area contributed by atoms with E-state index in [4.69, 9.17) is 16.3 Å². The Hall–Kier alpha value is -3.65. The quantitative estimate of drug-likeness (QED) is 0.417. The van der Waals surface area contributed by atoms with Crippen molar-refractivity contribution >= 4 is 28.5 Å². The van der Waals surface area contributed by atoms with Crippen LogP contribution in [0, 0.1) is 6.92 Å². The number of nitrogens with zero attached hydrogens (tertiary/aromatic N) is 4. The van der Waals surface area contributed by atoms with E-state index < -0.39 is 5.60 Å². The van der Waals surface area contributed by atoms with E-state index in [1.165, 1.54) is 12.5 Å². The number of carbonyl (C=O) groups excluding carboxylic acids is 1. The Morgan fingerprint density at radius 1 is 1.15 bits per heavy atom. The molecule has 34 heavy (non-hydrogen) atoms. The number of rotatable bonds is 8. The Labute approximate surface area is 202 Å². The molecular formula is C25H26ClN5O3. The zero-order chi connectivity index (χ0) is 24.3. The molecule has 176 valence electrons. The number of hydrogen-bond acceptors (Lipinski definition) is 5. The molecule has 0 radical (unpaired) electrons. The Bertz CT molecular complexity index is 1380. The zero-order valence-corrected chi connectivity index (χ0v) is 20.0. The van der Waals surface area contributed by atoms with E-state index in [2.05, 4.69) is 15.4 Å². The Morgan fingerprint density at radius 2 is 1.88 bits per heavy atom. The second kappa shape index (κ2) is 9.69. The van der Waals surface area contributed by atoms with Crippen LogP contribution >= 0.6 is 11.6 Å². The van der Waals surface area contributed by atoms with Crippen LogP contribution < -0.4 is 15.6 Å². The molecule has 1 amide bonds. The Kier molecular flexibility index (Phi) is 6.70. The highest BCUT2D eigenvalue weighted by Gasteiger charge is 2.29. The predicted molar refractivity (Wildman–Crippen MR) is 131 cm³/mol. The topological polar surface area (TPSA) is 91.0 Å². The van der Waals surface area contributed by atoms with Gasteiger partial charge in [0.05, 0.1) is 19.3 Å². The van der Waals surface area contributed by atoms with Crippen molar-refractivity contribution in [1.82, 2.24) is 24.6 Å². The molecule has 0 aliphatic rings. The van der Waals surface area contributed by atoms with Gasteiger partial charge in [-0.2, -0.15) is 5.10 Å². The van der Waals surface area contributed by atoms with Gasteiger partial charge in [0.2, 0.25) is 0 Å². The summed E-state index contributed by atoms with van der Waals surface area (Å²) in [6, 6.07) is 14.8. The first kappa shape index (κ1) is 23.5. The minimum absolute atomic E-state index is 0.152. The van der Waals surface area contributed by atoms with E-state index in [1.807, 2.05) is 31.2 Å². The molecule has 4 rings (SSSR count). The van der Waals surface area contributed by atoms with Gasteiger partial charge in [0.25, 0.3) is 11.5 Å². The lowest BCUT2D eigenvalue weighted by Crippen LogP contribution is -2.47. The summed E-state index contributed by atoms with van der Waals surface area (Å²) in [6.07, 6.45) is 3.06. The van der Waals surface area contributed by atoms with E-state index in [-0.39, 0.29) is 11.5 Å². The van der Waals surface area contributed by atoms with E-state index in [0.717, 1.165) is 11.1 Å². The maximum Gasteiger partial charge on any atom is 0.264 e. The van der Waals surface area contributed by atoms with Gasteiger partial charge < -0.3 is 10.1 Å². The number of nitrogens with one attached hydrogen (secondary N) is 1. The maximum atomic E-state index is 12.9. The molecule has 0 aliphatic carbocycles. The highest BCUT2D eigenvalue weighted by atomic mass is 35.5. The fourth-order valence-corrected chi connectivity index (χ4v) is 3.70. The monoisotopic (exact) mass is 479 g/mol. The van der Waals surface area contributed by atoms with Crippen molar-refractivity contribution < 1.29 is 9.53 Å². The van der Waals surface area contributed by atoms with Crippen molar-refractivity contribution in [3.8, 4) is 5.75 Å². The average Bonchev–Trinajstić information content (AvgIpc) is 3.22. The molecule has 8 nitrogen and oxygen atoms in total. The lowest BCUT2D eigenvalue weighted by Gasteiger charge is -2.25. The third kappa shape index (κ3) is 5.12. The molecule has 0 aliphatic heterocycles. The van der Waals surface area contributed by atoms with Gasteiger partial charge in [0.1, 0.15) is 17.5 Å². The predicted octanol–water partition coefficient (Wildman–Crippen LogP) is 3.58. The van der Waals surface area contributed by atoms with E-state index in [1.54, 1.807) is 47.4 Å². The molecule has 0 atom stereocenters. The molecule has 0 fully saturated rings. The Balaban J connectivity index is 1.40. The third-order valence-electron chi connectivity index (χ3n) is 5.57. The Morgan fingerprint density at radius 3 is 2.62 bits per heavy atom. The summed E-state index contributed by atoms with van der Waals surface area (Å²) in [5.41, 5.74) is 1.42. The van der Waals surface area contributed by atoms with Crippen LogP contribution in [0.2, 0.25) is 5.02 Å². The molecule has 2 aromatic heterocycles. The van der Waals surface area contributed by atoms with Crippen LogP contribution in [-0.2, 0) is 17.9 Å². The van der Waals surface area contributed by atoms with Gasteiger partial charge in [-0.1, -0.05) is 35.9 Å². The van der Waals surface area contributed by atoms with Gasteiger partial charge in [0.15, 0.2) is 11.2 Å². The minimum Gasteiger partial charge on any atom is -0.478 e. The molecule has 0 saturated carbocycles. The summed E-state index contributed by atoms with van der Waals surface area (Å²) in [5.74, 6) is 0.279. The van der Waals surface area contributed by atoms with Crippen LogP contribution in [0.5, 0.6) is 5.75 Å². The second-order valence-corrected chi connectivity index (χ2v) is 8.97. The number of hydrogen-bond donors (Lipinski definition) is 1. The fourth-order valence-electron chi connectivity index (χ4n) is 3.58. The van der Waals surface area contributed by atoms with Crippen molar-refractivity contribution in [2.75, 3.05) is 6.54 Å². The minimum atomic E-state index is -1.08. The van der Waals surface area contributed by atoms with Crippen molar-refractivity contribution in [1.29, 1.82) is 0 Å². The normalized spacial score (nSPS) is 11.5. The van der Waals surface area contributed by atoms with Gasteiger partial charge >= 0.3 is 0 Å². The van der Waals surface area contributed by atoms with Gasteiger partial charge in [-0.25, -0.2) is 9.67 Å². The van der Waals surface area contributed by atoms with Crippen molar-refractivity contribution in [3.05, 3.63) is 87.6 Å². The molecule has 9 heteroatoms. The number of ether oxygens (including phenoxy) is 1. The maximum absolute atomic E-state index is 12.9. The first-order valence-corrected chi connectivity index (χ1v) is 11.3. The van der Waals surface area contributed by atoms with E-state index in [9.17, 15) is 9.59 Å². The van der Waals surface area contributed by atoms with Gasteiger partial charge in [-0.3, -0.25) is 14.2 Å². The van der Waals surface area contributed by atoms with Crippen molar-refractivity contribution in [2.45, 2.75) is 39.5 Å². The van der Waals surface area contributed by atoms with Crippen molar-refractivity contribution in [2.24, 2.45) is 0 Å². The highest BCUT2D eigenvalue weighted by Crippen LogP contribution is 2.21. The molecule has 1 N–H and O–H groups in total. The second-order valence-electron chi connectivity index (χ2n) is 8.53. The van der Waals surface area contributed by atoms with Crippen LogP contribution in [0.25, 0.3) is 11.0 Å². The number of fused-ring (bicyclic) bond motifs is 1. The van der Waals surface area contributed by atoms with Gasteiger partial charge in [-0.15, -0.1) is 0 Å². The molecule has 0 bridgehead atoms. The van der Waals surface area contributed by atoms with E-state index in [0.29, 0.717) is 41.4 Å². The van der Waals surface area contributed by atoms with E-state index >= 15 is 0 Å². The SMILES string of the molecule is Cc1ccccc1Cn1cnc2c(cnn2CCNC(=O)C(C)(C)Oc2ccc(Cl)cc2)c1=O.